The Kier molecular flexibility index (Phi) is 21.5. The van der Waals surface area contributed by atoms with Gasteiger partial charge in [0.2, 0.25) is 0 Å². The number of nitrogens with zero attached hydrogens (tertiary/aromatic N) is 1. The van der Waals surface area contributed by atoms with Crippen molar-refractivity contribution in [3.63, 3.8) is 0 Å². The SMILES string of the molecule is CCCCCCCCCCCCOc1ccc(CCCC(COP(=O)(O)OCCN(C)C)CC(=O)CCC)cc1. The Labute approximate surface area is 245 Å². The van der Waals surface area contributed by atoms with Gasteiger partial charge in [0.25, 0.3) is 0 Å². The number of hydrogen-bond donors (Lipinski definition) is 1. The summed E-state index contributed by atoms with van der Waals surface area (Å²) in [5.41, 5.74) is 1.21. The third-order valence-corrected chi connectivity index (χ3v) is 8.06. The first kappa shape index (κ1) is 36.8. The molecule has 7 nitrogen and oxygen atoms in total. The van der Waals surface area contributed by atoms with Crippen LogP contribution in [0.4, 0.5) is 0 Å². The van der Waals surface area contributed by atoms with Gasteiger partial charge in [-0.05, 0) is 69.8 Å². The van der Waals surface area contributed by atoms with E-state index in [1.54, 1.807) is 0 Å². The lowest BCUT2D eigenvalue weighted by Crippen LogP contribution is -2.18. The molecule has 0 aliphatic heterocycles. The number of ether oxygens (including phenoxy) is 1. The summed E-state index contributed by atoms with van der Waals surface area (Å²) >= 11 is 0. The van der Waals surface area contributed by atoms with Gasteiger partial charge in [0.05, 0.1) is 19.8 Å². The van der Waals surface area contributed by atoms with E-state index in [-0.39, 0.29) is 24.9 Å². The summed E-state index contributed by atoms with van der Waals surface area (Å²) in [7, 11) is -0.408. The molecule has 1 N–H and O–H groups in total. The van der Waals surface area contributed by atoms with Crippen LogP contribution in [-0.4, -0.2) is 56.0 Å². The number of carbonyl (C=O) groups excluding carboxylic acids is 1. The second-order valence-corrected chi connectivity index (χ2v) is 12.8. The van der Waals surface area contributed by atoms with Gasteiger partial charge in [-0.2, -0.15) is 0 Å². The molecule has 0 bridgehead atoms. The molecule has 0 aromatic heterocycles. The first-order valence-corrected chi connectivity index (χ1v) is 17.2. The summed E-state index contributed by atoms with van der Waals surface area (Å²) < 4.78 is 28.5. The molecular weight excluding hydrogens is 525 g/mol. The molecule has 2 atom stereocenters. The monoisotopic (exact) mass is 583 g/mol. The number of likely N-dealkylation sites (N-methyl/N-ethyl adjacent to an activating group) is 1. The average Bonchev–Trinajstić information content (AvgIpc) is 2.91. The molecule has 0 fully saturated rings. The minimum atomic E-state index is -4.13. The van der Waals surface area contributed by atoms with Gasteiger partial charge in [-0.3, -0.25) is 13.8 Å². The van der Waals surface area contributed by atoms with Crippen LogP contribution in [0.5, 0.6) is 5.75 Å². The first-order valence-electron chi connectivity index (χ1n) is 15.8. The lowest BCUT2D eigenvalue weighted by atomic mass is 9.94. The van der Waals surface area contributed by atoms with Crippen LogP contribution < -0.4 is 4.74 Å². The Hall–Kier alpha value is -1.24. The van der Waals surface area contributed by atoms with Gasteiger partial charge in [0.1, 0.15) is 11.5 Å². The Morgan fingerprint density at radius 2 is 1.48 bits per heavy atom. The van der Waals surface area contributed by atoms with Crippen molar-refractivity contribution >= 4 is 13.6 Å². The number of phosphoric acid groups is 1. The molecule has 0 aliphatic carbocycles. The summed E-state index contributed by atoms with van der Waals surface area (Å²) in [4.78, 5) is 24.1. The summed E-state index contributed by atoms with van der Waals surface area (Å²) in [5.74, 6) is 0.964. The fourth-order valence-corrected chi connectivity index (χ4v) is 5.44. The molecule has 0 heterocycles. The zero-order valence-corrected chi connectivity index (χ0v) is 26.8. The van der Waals surface area contributed by atoms with Crippen molar-refractivity contribution in [1.29, 1.82) is 0 Å². The van der Waals surface area contributed by atoms with E-state index in [1.807, 2.05) is 38.1 Å². The van der Waals surface area contributed by atoms with E-state index >= 15 is 0 Å². The average molecular weight is 584 g/mol. The van der Waals surface area contributed by atoms with Crippen molar-refractivity contribution in [2.75, 3.05) is 40.5 Å². The molecule has 1 aromatic carbocycles. The van der Waals surface area contributed by atoms with Gasteiger partial charge < -0.3 is 14.5 Å². The van der Waals surface area contributed by atoms with Crippen LogP contribution in [0.3, 0.4) is 0 Å². The van der Waals surface area contributed by atoms with Gasteiger partial charge >= 0.3 is 7.82 Å². The highest BCUT2D eigenvalue weighted by molar-refractivity contribution is 7.47. The Bertz CT molecular complexity index is 801. The molecule has 0 saturated heterocycles. The number of benzene rings is 1. The third kappa shape index (κ3) is 20.6. The number of carbonyl (C=O) groups is 1. The predicted molar refractivity (Wildman–Crippen MR) is 165 cm³/mol. The molecule has 1 rings (SSSR count). The largest absolute Gasteiger partial charge is 0.494 e. The van der Waals surface area contributed by atoms with Crippen molar-refractivity contribution in [3.8, 4) is 5.75 Å². The Morgan fingerprint density at radius 3 is 2.08 bits per heavy atom. The summed E-state index contributed by atoms with van der Waals surface area (Å²) in [6.45, 7) is 5.68. The van der Waals surface area contributed by atoms with E-state index in [9.17, 15) is 14.3 Å². The lowest BCUT2D eigenvalue weighted by molar-refractivity contribution is -0.120. The molecule has 0 amide bonds. The molecule has 2 unspecified atom stereocenters. The van der Waals surface area contributed by atoms with Crippen molar-refractivity contribution in [3.05, 3.63) is 29.8 Å². The van der Waals surface area contributed by atoms with E-state index in [1.165, 1.54) is 63.4 Å². The smallest absolute Gasteiger partial charge is 0.472 e. The normalized spacial score (nSPS) is 13.8. The Morgan fingerprint density at radius 1 is 0.850 bits per heavy atom. The van der Waals surface area contributed by atoms with Gasteiger partial charge in [-0.15, -0.1) is 0 Å². The summed E-state index contributed by atoms with van der Waals surface area (Å²) in [6, 6.07) is 8.26. The Balaban J connectivity index is 2.32. The number of Topliss-reactive ketones (excluding diaryl/α,β-unsaturated/α-hetero) is 1. The molecule has 0 aliphatic rings. The molecule has 0 saturated carbocycles. The van der Waals surface area contributed by atoms with Crippen LogP contribution in [0.2, 0.25) is 0 Å². The highest BCUT2D eigenvalue weighted by Crippen LogP contribution is 2.43. The number of rotatable bonds is 27. The zero-order valence-electron chi connectivity index (χ0n) is 25.9. The molecule has 1 aromatic rings. The van der Waals surface area contributed by atoms with Crippen LogP contribution in [0.25, 0.3) is 0 Å². The molecule has 232 valence electrons. The van der Waals surface area contributed by atoms with Crippen LogP contribution >= 0.6 is 7.82 Å². The van der Waals surface area contributed by atoms with Crippen LogP contribution in [0, 0.1) is 5.92 Å². The first-order chi connectivity index (χ1) is 19.3. The van der Waals surface area contributed by atoms with Crippen molar-refractivity contribution in [1.82, 2.24) is 4.90 Å². The van der Waals surface area contributed by atoms with Crippen LogP contribution in [-0.2, 0) is 24.8 Å². The standard InChI is InChI=1S/C32H58NO6P/c1-5-7-8-9-10-11-12-13-14-15-25-37-32-22-20-29(21-23-32)18-16-19-30(27-31(34)17-6-2)28-39-40(35,36)38-26-24-33(3)4/h20-23,30H,5-19,24-28H2,1-4H3,(H,35,36). The minimum Gasteiger partial charge on any atom is -0.494 e. The number of aryl methyl sites for hydroxylation is 1. The van der Waals surface area contributed by atoms with E-state index in [0.717, 1.165) is 44.5 Å². The maximum Gasteiger partial charge on any atom is 0.472 e. The topological polar surface area (TPSA) is 85.3 Å². The van der Waals surface area contributed by atoms with Gasteiger partial charge in [-0.25, -0.2) is 4.57 Å². The van der Waals surface area contributed by atoms with Crippen molar-refractivity contribution < 1.29 is 28.0 Å². The van der Waals surface area contributed by atoms with Crippen LogP contribution in [0.1, 0.15) is 116 Å². The van der Waals surface area contributed by atoms with Gasteiger partial charge in [-0.1, -0.05) is 83.8 Å². The number of unbranched alkanes of at least 4 members (excludes halogenated alkanes) is 9. The van der Waals surface area contributed by atoms with Gasteiger partial charge in [0.15, 0.2) is 0 Å². The predicted octanol–water partition coefficient (Wildman–Crippen LogP) is 8.38. The molecule has 0 spiro atoms. The number of phosphoric ester groups is 1. The molecule has 40 heavy (non-hydrogen) atoms. The fourth-order valence-electron chi connectivity index (χ4n) is 4.65. The van der Waals surface area contributed by atoms with Crippen molar-refractivity contribution in [2.24, 2.45) is 5.92 Å². The molecular formula is C32H58NO6P. The van der Waals surface area contributed by atoms with Crippen LogP contribution in [0.15, 0.2) is 24.3 Å². The highest BCUT2D eigenvalue weighted by atomic mass is 31.2. The maximum absolute atomic E-state index is 12.3. The molecule has 0 radical (unpaired) electrons. The summed E-state index contributed by atoms with van der Waals surface area (Å²) in [5, 5.41) is 0. The third-order valence-electron chi connectivity index (χ3n) is 7.08. The number of hydrogen-bond acceptors (Lipinski definition) is 6. The highest BCUT2D eigenvalue weighted by Gasteiger charge is 2.24. The van der Waals surface area contributed by atoms with E-state index < -0.39 is 7.82 Å². The number of ketones is 1. The zero-order chi connectivity index (χ0) is 29.5. The van der Waals surface area contributed by atoms with E-state index in [0.29, 0.717) is 19.4 Å². The van der Waals surface area contributed by atoms with Gasteiger partial charge in [0, 0.05) is 19.4 Å². The lowest BCUT2D eigenvalue weighted by Gasteiger charge is -2.19. The second-order valence-electron chi connectivity index (χ2n) is 11.3. The molecule has 8 heteroatoms. The maximum atomic E-state index is 12.3. The van der Waals surface area contributed by atoms with E-state index in [2.05, 4.69) is 19.1 Å². The minimum absolute atomic E-state index is 0.0386. The second kappa shape index (κ2) is 23.3. The quantitative estimate of drug-likeness (QED) is 0.0822. The fraction of sp³-hybridized carbons (Fsp3) is 0.781. The van der Waals surface area contributed by atoms with Crippen molar-refractivity contribution in [2.45, 2.75) is 117 Å². The van der Waals surface area contributed by atoms with E-state index in [4.69, 9.17) is 13.8 Å². The summed E-state index contributed by atoms with van der Waals surface area (Å²) in [6.07, 6.45) is 17.3.